The van der Waals surface area contributed by atoms with Gasteiger partial charge in [0.25, 0.3) is 0 Å². The maximum absolute atomic E-state index is 8.52. The molecule has 12 nitrogen and oxygen atoms in total. The van der Waals surface area contributed by atoms with Crippen LogP contribution in [0.15, 0.2) is 0 Å². The molecule has 16 heteroatoms. The Kier molecular flexibility index (Phi) is 14.4. The van der Waals surface area contributed by atoms with Gasteiger partial charge in [-0.2, -0.15) is 0 Å². The molecule has 0 rings (SSSR count). The summed E-state index contributed by atoms with van der Waals surface area (Å²) in [5, 5.41) is 0. The third-order valence-electron chi connectivity index (χ3n) is 0. The summed E-state index contributed by atoms with van der Waals surface area (Å²) < 4.78 is 102. The summed E-state index contributed by atoms with van der Waals surface area (Å²) in [6, 6.07) is 0. The van der Waals surface area contributed by atoms with E-state index in [-0.39, 0.29) is 17.1 Å². The quantitative estimate of drug-likeness (QED) is 0.232. The fourth-order valence-corrected chi connectivity index (χ4v) is 0. The average Bonchev–Trinajstić information content (AvgIpc) is 1.41. The third-order valence-corrected chi connectivity index (χ3v) is 0. The van der Waals surface area contributed by atoms with Gasteiger partial charge in [0.1, 0.15) is 0 Å². The molecule has 0 aromatic rings. The van der Waals surface area contributed by atoms with Gasteiger partial charge in [-0.05, 0) is 0 Å². The van der Waals surface area contributed by atoms with E-state index in [0.717, 1.165) is 0 Å². The van der Waals surface area contributed by atoms with E-state index in [9.17, 15) is 0 Å². The van der Waals surface area contributed by atoms with Crippen molar-refractivity contribution in [2.45, 2.75) is 0 Å². The zero-order chi connectivity index (χ0) is 13.5. The Hall–Kier alpha value is 0.129. The van der Waals surface area contributed by atoms with Gasteiger partial charge < -0.3 is 27.3 Å². The van der Waals surface area contributed by atoms with Crippen molar-refractivity contribution in [3.63, 3.8) is 0 Å². The van der Waals surface area contributed by atoms with Crippen molar-refractivity contribution in [2.24, 2.45) is 0 Å². The Labute approximate surface area is 101 Å². The SMILES string of the molecule is O=S(=O)([O-])[O-].O=S(=O)([O-])[O-].O=S(=O)([O-])[O-].[Fe+6]. The zero-order valence-corrected chi connectivity index (χ0v) is 10.0. The molecule has 0 saturated carbocycles. The Bertz CT molecular complexity index is 337. The Morgan fingerprint density at radius 3 is 0.438 bits per heavy atom. The van der Waals surface area contributed by atoms with E-state index in [1.54, 1.807) is 0 Å². The van der Waals surface area contributed by atoms with Gasteiger partial charge in [-0.1, -0.05) is 0 Å². The number of hydrogen-bond acceptors (Lipinski definition) is 12. The van der Waals surface area contributed by atoms with Crippen molar-refractivity contribution in [3.05, 3.63) is 0 Å². The zero-order valence-electron chi connectivity index (χ0n) is 6.48. The van der Waals surface area contributed by atoms with E-state index in [4.69, 9.17) is 52.6 Å². The molecule has 0 spiro atoms. The molecule has 0 saturated heterocycles. The van der Waals surface area contributed by atoms with Gasteiger partial charge >= 0.3 is 17.1 Å². The van der Waals surface area contributed by atoms with Crippen molar-refractivity contribution >= 4 is 31.2 Å². The maximum Gasteiger partial charge on any atom is 6.00 e. The molecule has 0 bridgehead atoms. The van der Waals surface area contributed by atoms with Crippen LogP contribution in [0.3, 0.4) is 0 Å². The molecule has 0 aliphatic carbocycles. The second-order valence-corrected chi connectivity index (χ2v) is 3.67. The predicted molar refractivity (Wildman–Crippen MR) is 31.4 cm³/mol. The molecule has 0 radical (unpaired) electrons. The molecule has 0 atom stereocenters. The van der Waals surface area contributed by atoms with Crippen LogP contribution in [0.2, 0.25) is 0 Å². The van der Waals surface area contributed by atoms with Gasteiger partial charge in [0.2, 0.25) is 0 Å². The van der Waals surface area contributed by atoms with Crippen LogP contribution in [0.5, 0.6) is 0 Å². The van der Waals surface area contributed by atoms with Gasteiger partial charge in [-0.15, -0.1) is 0 Å². The summed E-state index contributed by atoms with van der Waals surface area (Å²) in [7, 11) is -15.5. The molecule has 0 aliphatic heterocycles. The summed E-state index contributed by atoms with van der Waals surface area (Å²) in [5.41, 5.74) is 0. The molecular weight excluding hydrogens is 344 g/mol. The predicted octanol–water partition coefficient (Wildman–Crippen LogP) is -4.02. The van der Waals surface area contributed by atoms with Crippen LogP contribution in [0, 0.1) is 0 Å². The number of rotatable bonds is 0. The molecule has 0 aromatic heterocycles. The first-order valence-corrected chi connectivity index (χ1v) is 6.00. The van der Waals surface area contributed by atoms with Crippen LogP contribution < -0.4 is 0 Å². The summed E-state index contributed by atoms with van der Waals surface area (Å²) in [6.45, 7) is 0. The first-order chi connectivity index (χ1) is 6.00. The summed E-state index contributed by atoms with van der Waals surface area (Å²) in [5.74, 6) is 0. The monoisotopic (exact) mass is 344 g/mol. The molecule has 0 unspecified atom stereocenters. The maximum atomic E-state index is 8.52. The van der Waals surface area contributed by atoms with Crippen LogP contribution in [0.1, 0.15) is 0 Å². The minimum absolute atomic E-state index is 0. The second kappa shape index (κ2) is 9.19. The van der Waals surface area contributed by atoms with E-state index < -0.39 is 31.2 Å². The van der Waals surface area contributed by atoms with Crippen molar-refractivity contribution in [3.8, 4) is 0 Å². The topological polar surface area (TPSA) is 241 Å². The van der Waals surface area contributed by atoms with Crippen LogP contribution in [-0.2, 0) is 48.3 Å². The van der Waals surface area contributed by atoms with Gasteiger partial charge in [0.05, 0.1) is 0 Å². The van der Waals surface area contributed by atoms with Gasteiger partial charge in [0, 0.05) is 31.2 Å². The van der Waals surface area contributed by atoms with E-state index in [1.165, 1.54) is 0 Å². The smallest absolute Gasteiger partial charge is 0.759 e. The Balaban J connectivity index is -0.0000000655. The first kappa shape index (κ1) is 25.1. The Morgan fingerprint density at radius 1 is 0.438 bits per heavy atom. The van der Waals surface area contributed by atoms with Gasteiger partial charge in [-0.3, -0.25) is 25.3 Å². The molecule has 16 heavy (non-hydrogen) atoms. The molecule has 0 amide bonds. The summed E-state index contributed by atoms with van der Waals surface area (Å²) >= 11 is 0. The average molecular weight is 344 g/mol. The third kappa shape index (κ3) is 145000. The largest absolute Gasteiger partial charge is 6.00 e. The normalized spacial score (nSPS) is 10.9. The first-order valence-electron chi connectivity index (χ1n) is 2.00. The molecular formula is FeO12S3. The van der Waals surface area contributed by atoms with Gasteiger partial charge in [-0.25, -0.2) is 0 Å². The standard InChI is InChI=1S/Fe.3H2O4S/c;3*1-5(2,3)4/h;3*(H2,1,2,3,4)/q+6;;;/p-6. The van der Waals surface area contributed by atoms with Crippen molar-refractivity contribution in [1.82, 2.24) is 0 Å². The molecule has 0 aromatic carbocycles. The summed E-state index contributed by atoms with van der Waals surface area (Å²) in [4.78, 5) is 0. The van der Waals surface area contributed by atoms with Crippen molar-refractivity contribution in [2.75, 3.05) is 0 Å². The Morgan fingerprint density at radius 2 is 0.438 bits per heavy atom. The van der Waals surface area contributed by atoms with Crippen LogP contribution in [0.25, 0.3) is 0 Å². The molecule has 0 heterocycles. The van der Waals surface area contributed by atoms with Crippen molar-refractivity contribution < 1.29 is 69.6 Å². The van der Waals surface area contributed by atoms with E-state index in [2.05, 4.69) is 0 Å². The molecule has 0 fully saturated rings. The summed E-state index contributed by atoms with van der Waals surface area (Å²) in [6.07, 6.45) is 0. The molecule has 0 N–H and O–H groups in total. The molecule has 0 aliphatic rings. The van der Waals surface area contributed by atoms with E-state index in [1.807, 2.05) is 0 Å². The number of hydrogen-bond donors (Lipinski definition) is 0. The fraction of sp³-hybridized carbons (Fsp3) is 0. The second-order valence-electron chi connectivity index (χ2n) is 1.22. The van der Waals surface area contributed by atoms with Crippen LogP contribution in [0.4, 0.5) is 0 Å². The van der Waals surface area contributed by atoms with E-state index in [0.29, 0.717) is 0 Å². The molecule has 98 valence electrons. The van der Waals surface area contributed by atoms with Gasteiger partial charge in [0.15, 0.2) is 0 Å². The minimum Gasteiger partial charge on any atom is -0.759 e. The minimum atomic E-state index is -5.17. The van der Waals surface area contributed by atoms with Crippen LogP contribution >= 0.6 is 0 Å². The van der Waals surface area contributed by atoms with E-state index >= 15 is 0 Å². The fourth-order valence-electron chi connectivity index (χ4n) is 0. The van der Waals surface area contributed by atoms with Crippen molar-refractivity contribution in [1.29, 1.82) is 0 Å². The van der Waals surface area contributed by atoms with Crippen LogP contribution in [-0.4, -0.2) is 52.6 Å².